The van der Waals surface area contributed by atoms with Crippen molar-refractivity contribution in [3.05, 3.63) is 118 Å². The Bertz CT molecular complexity index is 1190. The third kappa shape index (κ3) is 5.42. The summed E-state index contributed by atoms with van der Waals surface area (Å²) in [5.41, 5.74) is 5.66. The van der Waals surface area contributed by atoms with Gasteiger partial charge in [0, 0.05) is 11.3 Å². The molecule has 1 heterocycles. The second-order valence-electron chi connectivity index (χ2n) is 8.40. The van der Waals surface area contributed by atoms with E-state index in [0.29, 0.717) is 6.42 Å². The van der Waals surface area contributed by atoms with E-state index in [4.69, 9.17) is 0 Å². The third-order valence-corrected chi connectivity index (χ3v) is 6.97. The lowest BCUT2D eigenvalue weighted by atomic mass is 9.95. The van der Waals surface area contributed by atoms with Gasteiger partial charge in [-0.05, 0) is 59.2 Å². The van der Waals surface area contributed by atoms with E-state index in [2.05, 4.69) is 61.5 Å². The molecule has 1 aromatic heterocycles. The SMILES string of the molecule is CC(O)c1cccc(Cc2cccc(-c3ccc(C(=O)C[C@H](C)c4ccccc4)s3)c2)c1. The molecule has 1 N–H and O–H groups in total. The lowest BCUT2D eigenvalue weighted by Gasteiger charge is -2.10. The first-order chi connectivity index (χ1) is 15.5. The Morgan fingerprint density at radius 3 is 2.25 bits per heavy atom. The highest BCUT2D eigenvalue weighted by atomic mass is 32.1. The van der Waals surface area contributed by atoms with E-state index in [1.165, 1.54) is 16.7 Å². The molecule has 4 aromatic rings. The van der Waals surface area contributed by atoms with Gasteiger partial charge in [0.05, 0.1) is 11.0 Å². The van der Waals surface area contributed by atoms with Gasteiger partial charge >= 0.3 is 0 Å². The molecule has 0 bridgehead atoms. The third-order valence-electron chi connectivity index (χ3n) is 5.79. The number of carbonyl (C=O) groups excluding carboxylic acids is 1. The number of rotatable bonds is 8. The van der Waals surface area contributed by atoms with Crippen LogP contribution in [0.4, 0.5) is 0 Å². The maximum Gasteiger partial charge on any atom is 0.173 e. The van der Waals surface area contributed by atoms with E-state index in [1.54, 1.807) is 18.3 Å². The van der Waals surface area contributed by atoms with Crippen LogP contribution in [-0.4, -0.2) is 10.9 Å². The van der Waals surface area contributed by atoms with Gasteiger partial charge in [0.1, 0.15) is 0 Å². The van der Waals surface area contributed by atoms with Gasteiger partial charge in [-0.1, -0.05) is 85.8 Å². The molecule has 0 saturated carbocycles. The summed E-state index contributed by atoms with van der Waals surface area (Å²) in [4.78, 5) is 14.8. The summed E-state index contributed by atoms with van der Waals surface area (Å²) in [6.07, 6.45) is 0.858. The highest BCUT2D eigenvalue weighted by Gasteiger charge is 2.15. The molecule has 0 aliphatic rings. The van der Waals surface area contributed by atoms with Gasteiger partial charge in [-0.25, -0.2) is 0 Å². The summed E-state index contributed by atoms with van der Waals surface area (Å²) < 4.78 is 0. The molecule has 0 radical (unpaired) electrons. The van der Waals surface area contributed by atoms with E-state index in [0.717, 1.165) is 27.3 Å². The summed E-state index contributed by atoms with van der Waals surface area (Å²) >= 11 is 1.57. The second kappa shape index (κ2) is 10.1. The van der Waals surface area contributed by atoms with Crippen LogP contribution in [0.2, 0.25) is 0 Å². The van der Waals surface area contributed by atoms with E-state index in [-0.39, 0.29) is 11.7 Å². The van der Waals surface area contributed by atoms with Gasteiger partial charge < -0.3 is 5.11 Å². The van der Waals surface area contributed by atoms with Crippen LogP contribution in [0.3, 0.4) is 0 Å². The highest BCUT2D eigenvalue weighted by Crippen LogP contribution is 2.31. The topological polar surface area (TPSA) is 37.3 Å². The first-order valence-electron chi connectivity index (χ1n) is 11.0. The Hall–Kier alpha value is -3.01. The van der Waals surface area contributed by atoms with E-state index in [9.17, 15) is 9.90 Å². The van der Waals surface area contributed by atoms with Crippen LogP contribution in [0.1, 0.15) is 64.2 Å². The zero-order valence-corrected chi connectivity index (χ0v) is 19.3. The predicted octanol–water partition coefficient (Wildman–Crippen LogP) is 7.44. The van der Waals surface area contributed by atoms with Crippen molar-refractivity contribution in [1.29, 1.82) is 0 Å². The van der Waals surface area contributed by atoms with Crippen molar-refractivity contribution in [3.8, 4) is 10.4 Å². The number of carbonyl (C=O) groups is 1. The molecule has 0 fully saturated rings. The maximum atomic E-state index is 12.9. The fourth-order valence-corrected chi connectivity index (χ4v) is 4.91. The van der Waals surface area contributed by atoms with Crippen LogP contribution in [0.5, 0.6) is 0 Å². The standard InChI is InChI=1S/C29H28O2S/c1-20(24-10-4-3-5-11-24)16-27(31)29-15-14-28(32-29)26-13-7-9-23(19-26)17-22-8-6-12-25(18-22)21(2)30/h3-15,18-21,30H,16-17H2,1-2H3/t20-,21?/m0/s1. The van der Waals surface area contributed by atoms with Crippen LogP contribution in [-0.2, 0) is 6.42 Å². The number of hydrogen-bond acceptors (Lipinski definition) is 3. The Morgan fingerprint density at radius 2 is 1.50 bits per heavy atom. The highest BCUT2D eigenvalue weighted by molar-refractivity contribution is 7.17. The Kier molecular flexibility index (Phi) is 6.99. The van der Waals surface area contributed by atoms with Crippen LogP contribution < -0.4 is 0 Å². The minimum absolute atomic E-state index is 0.198. The average molecular weight is 441 g/mol. The normalized spacial score (nSPS) is 13.0. The van der Waals surface area contributed by atoms with Gasteiger partial charge in [0.25, 0.3) is 0 Å². The molecular weight excluding hydrogens is 412 g/mol. The van der Waals surface area contributed by atoms with Crippen molar-refractivity contribution < 1.29 is 9.90 Å². The lowest BCUT2D eigenvalue weighted by Crippen LogP contribution is -2.03. The van der Waals surface area contributed by atoms with Crippen LogP contribution in [0.15, 0.2) is 91.0 Å². The second-order valence-corrected chi connectivity index (χ2v) is 9.48. The minimum atomic E-state index is -0.465. The Morgan fingerprint density at radius 1 is 0.812 bits per heavy atom. The molecular formula is C29H28O2S. The largest absolute Gasteiger partial charge is 0.389 e. The van der Waals surface area contributed by atoms with Crippen LogP contribution >= 0.6 is 11.3 Å². The first-order valence-corrected chi connectivity index (χ1v) is 11.9. The molecule has 162 valence electrons. The molecule has 3 heteroatoms. The van der Waals surface area contributed by atoms with Gasteiger partial charge in [0.15, 0.2) is 5.78 Å². The zero-order chi connectivity index (χ0) is 22.5. The van der Waals surface area contributed by atoms with Crippen LogP contribution in [0, 0.1) is 0 Å². The number of ketones is 1. The molecule has 2 atom stereocenters. The molecule has 32 heavy (non-hydrogen) atoms. The van der Waals surface area contributed by atoms with Gasteiger partial charge in [-0.15, -0.1) is 11.3 Å². The van der Waals surface area contributed by atoms with Crippen molar-refractivity contribution in [2.75, 3.05) is 0 Å². The summed E-state index contributed by atoms with van der Waals surface area (Å²) in [6.45, 7) is 3.90. The maximum absolute atomic E-state index is 12.9. The molecule has 0 spiro atoms. The van der Waals surface area contributed by atoms with Crippen LogP contribution in [0.25, 0.3) is 10.4 Å². The zero-order valence-electron chi connectivity index (χ0n) is 18.5. The molecule has 1 unspecified atom stereocenters. The molecule has 0 aliphatic carbocycles. The van der Waals surface area contributed by atoms with Crippen molar-refractivity contribution in [3.63, 3.8) is 0 Å². The smallest absolute Gasteiger partial charge is 0.173 e. The number of hydrogen-bond donors (Lipinski definition) is 1. The van der Waals surface area contributed by atoms with Gasteiger partial charge in [0.2, 0.25) is 0 Å². The quantitative estimate of drug-likeness (QED) is 0.289. The average Bonchev–Trinajstić information content (AvgIpc) is 3.31. The number of Topliss-reactive ketones (excluding diaryl/α,β-unsaturated/α-hetero) is 1. The van der Waals surface area contributed by atoms with Crippen molar-refractivity contribution in [1.82, 2.24) is 0 Å². The number of aliphatic hydroxyl groups excluding tert-OH is 1. The number of thiophene rings is 1. The lowest BCUT2D eigenvalue weighted by molar-refractivity contribution is 0.0979. The molecule has 3 aromatic carbocycles. The van der Waals surface area contributed by atoms with Gasteiger partial charge in [-0.3, -0.25) is 4.79 Å². The monoisotopic (exact) mass is 440 g/mol. The molecule has 4 rings (SSSR count). The van der Waals surface area contributed by atoms with Crippen molar-refractivity contribution in [2.24, 2.45) is 0 Å². The summed E-state index contributed by atoms with van der Waals surface area (Å²) in [6, 6.07) is 30.8. The molecule has 2 nitrogen and oxygen atoms in total. The van der Waals surface area contributed by atoms with E-state index in [1.807, 2.05) is 36.4 Å². The Balaban J connectivity index is 1.47. The fraction of sp³-hybridized carbons (Fsp3) is 0.207. The molecule has 0 aliphatic heterocycles. The molecule has 0 saturated heterocycles. The van der Waals surface area contributed by atoms with Gasteiger partial charge in [-0.2, -0.15) is 0 Å². The number of aliphatic hydroxyl groups is 1. The first kappa shape index (κ1) is 22.2. The van der Waals surface area contributed by atoms with Crippen molar-refractivity contribution >= 4 is 17.1 Å². The minimum Gasteiger partial charge on any atom is -0.389 e. The predicted molar refractivity (Wildman–Crippen MR) is 133 cm³/mol. The fourth-order valence-electron chi connectivity index (χ4n) is 3.95. The van der Waals surface area contributed by atoms with E-state index < -0.39 is 6.10 Å². The molecule has 0 amide bonds. The summed E-state index contributed by atoms with van der Waals surface area (Å²) in [5, 5.41) is 9.85. The van der Waals surface area contributed by atoms with E-state index >= 15 is 0 Å². The number of benzene rings is 3. The summed E-state index contributed by atoms with van der Waals surface area (Å²) in [5.74, 6) is 0.402. The summed E-state index contributed by atoms with van der Waals surface area (Å²) in [7, 11) is 0. The van der Waals surface area contributed by atoms with Crippen molar-refractivity contribution in [2.45, 2.75) is 38.7 Å². The Labute approximate surface area is 194 Å².